The van der Waals surface area contributed by atoms with Crippen molar-refractivity contribution in [3.05, 3.63) is 61.5 Å². The molecular formula is C16H12BrCl3N2O2. The van der Waals surface area contributed by atoms with E-state index in [9.17, 15) is 4.79 Å². The molecule has 0 unspecified atom stereocenters. The largest absolute Gasteiger partial charge is 0.482 e. The number of nitrogens with one attached hydrogen (secondary N) is 1. The molecule has 24 heavy (non-hydrogen) atoms. The Morgan fingerprint density at radius 2 is 1.88 bits per heavy atom. The van der Waals surface area contributed by atoms with Crippen LogP contribution in [0.4, 0.5) is 0 Å². The average Bonchev–Trinajstić information content (AvgIpc) is 2.54. The van der Waals surface area contributed by atoms with Gasteiger partial charge in [-0.3, -0.25) is 4.79 Å². The zero-order chi connectivity index (χ0) is 17.7. The summed E-state index contributed by atoms with van der Waals surface area (Å²) in [5, 5.41) is 4.91. The minimum absolute atomic E-state index is 0.257. The maximum atomic E-state index is 11.8. The van der Waals surface area contributed by atoms with E-state index in [-0.39, 0.29) is 17.4 Å². The first kappa shape index (κ1) is 19.1. The molecular weight excluding hydrogens is 438 g/mol. The summed E-state index contributed by atoms with van der Waals surface area (Å²) >= 11 is 21.1. The van der Waals surface area contributed by atoms with Crippen molar-refractivity contribution in [3.8, 4) is 5.75 Å². The monoisotopic (exact) mass is 448 g/mol. The van der Waals surface area contributed by atoms with Crippen molar-refractivity contribution in [3.63, 3.8) is 0 Å². The third-order valence-electron chi connectivity index (χ3n) is 2.92. The molecule has 2 aromatic carbocycles. The van der Waals surface area contributed by atoms with Gasteiger partial charge < -0.3 is 4.74 Å². The van der Waals surface area contributed by atoms with Crippen LogP contribution in [0.3, 0.4) is 0 Å². The van der Waals surface area contributed by atoms with E-state index in [4.69, 9.17) is 39.5 Å². The number of hydrogen-bond donors (Lipinski definition) is 1. The summed E-state index contributed by atoms with van der Waals surface area (Å²) in [6, 6.07) is 10.5. The molecule has 1 N–H and O–H groups in total. The predicted molar refractivity (Wildman–Crippen MR) is 101 cm³/mol. The summed E-state index contributed by atoms with van der Waals surface area (Å²) in [5.74, 6) is -0.152. The molecule has 0 aliphatic carbocycles. The lowest BCUT2D eigenvalue weighted by Crippen LogP contribution is -2.25. The number of rotatable bonds is 5. The maximum absolute atomic E-state index is 11.8. The van der Waals surface area contributed by atoms with Crippen molar-refractivity contribution in [2.24, 2.45) is 5.10 Å². The second-order valence-electron chi connectivity index (χ2n) is 4.73. The molecule has 4 nitrogen and oxygen atoms in total. The number of ether oxygens (including phenoxy) is 1. The van der Waals surface area contributed by atoms with Gasteiger partial charge >= 0.3 is 0 Å². The Hall–Kier alpha value is -1.27. The smallest absolute Gasteiger partial charge is 0.277 e. The Bertz CT molecular complexity index is 797. The van der Waals surface area contributed by atoms with Crippen molar-refractivity contribution in [1.29, 1.82) is 0 Å². The quantitative estimate of drug-likeness (QED) is 0.380. The van der Waals surface area contributed by atoms with E-state index >= 15 is 0 Å². The molecule has 0 spiro atoms. The summed E-state index contributed by atoms with van der Waals surface area (Å²) in [6.45, 7) is 1.53. The summed E-state index contributed by atoms with van der Waals surface area (Å²) in [7, 11) is 0. The molecule has 8 heteroatoms. The van der Waals surface area contributed by atoms with Gasteiger partial charge in [0.15, 0.2) is 6.61 Å². The molecule has 0 aliphatic rings. The van der Waals surface area contributed by atoms with Crippen molar-refractivity contribution in [2.45, 2.75) is 6.92 Å². The molecule has 126 valence electrons. The molecule has 0 aromatic heterocycles. The van der Waals surface area contributed by atoms with Crippen molar-refractivity contribution in [1.82, 2.24) is 5.43 Å². The fourth-order valence-electron chi connectivity index (χ4n) is 1.71. The normalized spacial score (nSPS) is 11.3. The Kier molecular flexibility index (Phi) is 6.92. The lowest BCUT2D eigenvalue weighted by atomic mass is 10.1. The van der Waals surface area contributed by atoms with Crippen LogP contribution in [0.1, 0.15) is 12.5 Å². The summed E-state index contributed by atoms with van der Waals surface area (Å²) in [4.78, 5) is 11.8. The van der Waals surface area contributed by atoms with E-state index in [1.54, 1.807) is 6.92 Å². The summed E-state index contributed by atoms with van der Waals surface area (Å²) in [5.41, 5.74) is 3.97. The number of carbonyl (C=O) groups excluding carboxylic acids is 1. The maximum Gasteiger partial charge on any atom is 0.277 e. The standard InChI is InChI=1S/C16H12BrCl3N2O2/c1-9(10-3-2-4-11(17)5-10)21-22-16(23)8-24-15-7-13(19)12(18)6-14(15)20/h2-7H,8H2,1H3,(H,22,23)/b21-9-. The molecule has 1 amide bonds. The molecule has 0 fully saturated rings. The van der Waals surface area contributed by atoms with Crippen molar-refractivity contribution < 1.29 is 9.53 Å². The fraction of sp³-hybridized carbons (Fsp3) is 0.125. The molecule has 2 rings (SSSR count). The number of hydrazone groups is 1. The molecule has 0 aliphatic heterocycles. The Balaban J connectivity index is 1.94. The zero-order valence-electron chi connectivity index (χ0n) is 12.4. The second kappa shape index (κ2) is 8.72. The number of hydrogen-bond acceptors (Lipinski definition) is 3. The summed E-state index contributed by atoms with van der Waals surface area (Å²) in [6.07, 6.45) is 0. The molecule has 0 heterocycles. The van der Waals surface area contributed by atoms with Gasteiger partial charge in [-0.05, 0) is 30.7 Å². The summed E-state index contributed by atoms with van der Waals surface area (Å²) < 4.78 is 6.26. The number of amides is 1. The van der Waals surface area contributed by atoms with Crippen LogP contribution >= 0.6 is 50.7 Å². The topological polar surface area (TPSA) is 50.7 Å². The van der Waals surface area contributed by atoms with E-state index < -0.39 is 5.91 Å². The zero-order valence-corrected chi connectivity index (χ0v) is 16.3. The lowest BCUT2D eigenvalue weighted by Gasteiger charge is -2.09. The van der Waals surface area contributed by atoms with Crippen molar-refractivity contribution >= 4 is 62.4 Å². The number of carbonyl (C=O) groups is 1. The van der Waals surface area contributed by atoms with Gasteiger partial charge in [0.05, 0.1) is 20.8 Å². The molecule has 0 bridgehead atoms. The molecule has 0 atom stereocenters. The Labute approximate surface area is 162 Å². The first-order valence-corrected chi connectivity index (χ1v) is 8.66. The third-order valence-corrected chi connectivity index (χ3v) is 4.44. The van der Waals surface area contributed by atoms with Crippen LogP contribution < -0.4 is 10.2 Å². The number of benzene rings is 2. The highest BCUT2D eigenvalue weighted by atomic mass is 79.9. The van der Waals surface area contributed by atoms with Crippen molar-refractivity contribution in [2.75, 3.05) is 6.61 Å². The lowest BCUT2D eigenvalue weighted by molar-refractivity contribution is -0.123. The van der Waals surface area contributed by atoms with E-state index in [1.807, 2.05) is 24.3 Å². The van der Waals surface area contributed by atoms with E-state index in [0.717, 1.165) is 10.0 Å². The van der Waals surface area contributed by atoms with Gasteiger partial charge in [0.2, 0.25) is 0 Å². The number of halogens is 4. The van der Waals surface area contributed by atoms with Gasteiger partial charge in [0.25, 0.3) is 5.91 Å². The van der Waals surface area contributed by atoms with Crippen LogP contribution in [-0.4, -0.2) is 18.2 Å². The Morgan fingerprint density at radius 3 is 2.58 bits per heavy atom. The van der Waals surface area contributed by atoms with Crippen LogP contribution in [0.2, 0.25) is 15.1 Å². The van der Waals surface area contributed by atoms with E-state index in [0.29, 0.717) is 15.8 Å². The van der Waals surface area contributed by atoms with Gasteiger partial charge in [-0.2, -0.15) is 5.10 Å². The number of nitrogens with zero attached hydrogens (tertiary/aromatic N) is 1. The minimum atomic E-state index is -0.425. The van der Waals surface area contributed by atoms with Gasteiger partial charge in [0.1, 0.15) is 5.75 Å². The molecule has 0 radical (unpaired) electrons. The van der Waals surface area contributed by atoms with Gasteiger partial charge in [-0.25, -0.2) is 5.43 Å². The highest BCUT2D eigenvalue weighted by molar-refractivity contribution is 9.10. The van der Waals surface area contributed by atoms with Crippen LogP contribution in [0, 0.1) is 0 Å². The molecule has 2 aromatic rings. The third kappa shape index (κ3) is 5.38. The molecule has 0 saturated heterocycles. The first-order chi connectivity index (χ1) is 11.4. The van der Waals surface area contributed by atoms with Gasteiger partial charge in [-0.1, -0.05) is 62.9 Å². The van der Waals surface area contributed by atoms with E-state index in [1.165, 1.54) is 12.1 Å². The highest BCUT2D eigenvalue weighted by Gasteiger charge is 2.09. The van der Waals surface area contributed by atoms with Crippen LogP contribution in [0.5, 0.6) is 5.75 Å². The van der Waals surface area contributed by atoms with Gasteiger partial charge in [0, 0.05) is 10.5 Å². The highest BCUT2D eigenvalue weighted by Crippen LogP contribution is 2.33. The Morgan fingerprint density at radius 1 is 1.17 bits per heavy atom. The van der Waals surface area contributed by atoms with Crippen LogP contribution in [0.25, 0.3) is 0 Å². The first-order valence-electron chi connectivity index (χ1n) is 6.73. The van der Waals surface area contributed by atoms with E-state index in [2.05, 4.69) is 26.5 Å². The van der Waals surface area contributed by atoms with Crippen LogP contribution in [0.15, 0.2) is 46.0 Å². The average molecular weight is 451 g/mol. The minimum Gasteiger partial charge on any atom is -0.482 e. The second-order valence-corrected chi connectivity index (χ2v) is 6.87. The predicted octanol–water partition coefficient (Wildman–Crippen LogP) is 5.33. The SMILES string of the molecule is C/C(=N/NC(=O)COc1cc(Cl)c(Cl)cc1Cl)c1cccc(Br)c1. The molecule has 0 saturated carbocycles. The fourth-order valence-corrected chi connectivity index (χ4v) is 2.71. The van der Waals surface area contributed by atoms with Gasteiger partial charge in [-0.15, -0.1) is 0 Å². The van der Waals surface area contributed by atoms with Crippen LogP contribution in [-0.2, 0) is 4.79 Å².